The number of benzene rings is 1. The van der Waals surface area contributed by atoms with Gasteiger partial charge in [-0.3, -0.25) is 14.5 Å². The number of aryl methyl sites for hydroxylation is 1. The highest BCUT2D eigenvalue weighted by Crippen LogP contribution is 2.19. The van der Waals surface area contributed by atoms with Crippen molar-refractivity contribution in [3.63, 3.8) is 0 Å². The smallest absolute Gasteiger partial charge is 0.310 e. The largest absolute Gasteiger partial charge is 0.325 e. The lowest BCUT2D eigenvalue weighted by Gasteiger charge is -2.05. The van der Waals surface area contributed by atoms with Gasteiger partial charge in [-0.2, -0.15) is 5.10 Å². The third-order valence-corrected chi connectivity index (χ3v) is 3.78. The van der Waals surface area contributed by atoms with Gasteiger partial charge in [0.1, 0.15) is 0 Å². The van der Waals surface area contributed by atoms with Crippen LogP contribution < -0.4 is 11.0 Å². The van der Waals surface area contributed by atoms with E-state index in [-0.39, 0.29) is 18.0 Å². The third kappa shape index (κ3) is 2.52. The van der Waals surface area contributed by atoms with Crippen molar-refractivity contribution < 1.29 is 4.79 Å². The summed E-state index contributed by atoms with van der Waals surface area (Å²) in [5.41, 5.74) is 2.35. The van der Waals surface area contributed by atoms with E-state index < -0.39 is 0 Å². The Morgan fingerprint density at radius 1 is 1.32 bits per heavy atom. The minimum absolute atomic E-state index is 0.178. The fourth-order valence-electron chi connectivity index (χ4n) is 2.41. The molecule has 0 aliphatic heterocycles. The Labute approximate surface area is 126 Å². The van der Waals surface area contributed by atoms with Crippen molar-refractivity contribution in [1.82, 2.24) is 19.7 Å². The van der Waals surface area contributed by atoms with Crippen molar-refractivity contribution in [1.29, 1.82) is 0 Å². The summed E-state index contributed by atoms with van der Waals surface area (Å²) in [6.07, 6.45) is 0.208. The van der Waals surface area contributed by atoms with Gasteiger partial charge in [0.2, 0.25) is 5.91 Å². The van der Waals surface area contributed by atoms with Gasteiger partial charge in [0.15, 0.2) is 5.82 Å². The molecule has 2 aromatic heterocycles. The predicted molar refractivity (Wildman–Crippen MR) is 83.9 cm³/mol. The van der Waals surface area contributed by atoms with Crippen LogP contribution in [-0.2, 0) is 11.3 Å². The van der Waals surface area contributed by atoms with Crippen molar-refractivity contribution in [3.8, 4) is 0 Å². The lowest BCUT2D eigenvalue weighted by atomic mass is 10.2. The van der Waals surface area contributed by atoms with Crippen molar-refractivity contribution in [2.75, 3.05) is 5.32 Å². The van der Waals surface area contributed by atoms with Crippen LogP contribution in [0.1, 0.15) is 17.8 Å². The molecule has 0 spiro atoms. The first-order valence-corrected chi connectivity index (χ1v) is 7.05. The first kappa shape index (κ1) is 14.1. The second-order valence-electron chi connectivity index (χ2n) is 5.21. The molecule has 114 valence electrons. The summed E-state index contributed by atoms with van der Waals surface area (Å²) in [5, 5.41) is 10.6. The monoisotopic (exact) mass is 299 g/mol. The average molecular weight is 299 g/mol. The van der Waals surface area contributed by atoms with Gasteiger partial charge in [-0.15, -0.1) is 0 Å². The third-order valence-electron chi connectivity index (χ3n) is 3.78. The summed E-state index contributed by atoms with van der Waals surface area (Å²) >= 11 is 0. The number of nitrogens with one attached hydrogen (secondary N) is 3. The number of fused-ring (bicyclic) bond motifs is 1. The molecule has 0 radical (unpaired) electrons. The second-order valence-corrected chi connectivity index (χ2v) is 5.21. The Morgan fingerprint density at radius 2 is 2.09 bits per heavy atom. The molecule has 1 aromatic carbocycles. The molecule has 0 atom stereocenters. The van der Waals surface area contributed by atoms with E-state index in [1.54, 1.807) is 4.57 Å². The number of nitrogens with zero attached hydrogens (tertiary/aromatic N) is 2. The zero-order valence-corrected chi connectivity index (χ0v) is 12.4. The molecule has 3 N–H and O–H groups in total. The molecule has 0 saturated heterocycles. The molecule has 0 saturated carbocycles. The highest BCUT2D eigenvalue weighted by molar-refractivity contribution is 5.99. The van der Waals surface area contributed by atoms with Gasteiger partial charge in [0.25, 0.3) is 0 Å². The van der Waals surface area contributed by atoms with E-state index in [2.05, 4.69) is 20.5 Å². The number of carbonyl (C=O) groups excluding carboxylic acids is 1. The van der Waals surface area contributed by atoms with Gasteiger partial charge in [0, 0.05) is 29.7 Å². The maximum absolute atomic E-state index is 12.1. The van der Waals surface area contributed by atoms with Crippen molar-refractivity contribution >= 4 is 22.6 Å². The normalized spacial score (nSPS) is 11.0. The van der Waals surface area contributed by atoms with Crippen LogP contribution >= 0.6 is 0 Å². The van der Waals surface area contributed by atoms with E-state index in [0.717, 1.165) is 22.3 Å². The number of rotatable bonds is 4. The molecular weight excluding hydrogens is 282 g/mol. The van der Waals surface area contributed by atoms with E-state index in [1.807, 2.05) is 38.1 Å². The Hall–Kier alpha value is -2.83. The van der Waals surface area contributed by atoms with Gasteiger partial charge in [0.05, 0.1) is 5.52 Å². The van der Waals surface area contributed by atoms with Gasteiger partial charge < -0.3 is 10.3 Å². The highest BCUT2D eigenvalue weighted by atomic mass is 16.2. The molecule has 0 unspecified atom stereocenters. The zero-order chi connectivity index (χ0) is 15.7. The lowest BCUT2D eigenvalue weighted by molar-refractivity contribution is -0.116. The minimum atomic E-state index is -0.187. The number of aromatic nitrogens is 4. The Bertz CT molecular complexity index is 887. The van der Waals surface area contributed by atoms with Gasteiger partial charge in [-0.1, -0.05) is 12.1 Å². The number of para-hydroxylation sites is 1. The summed E-state index contributed by atoms with van der Waals surface area (Å²) in [4.78, 5) is 26.5. The lowest BCUT2D eigenvalue weighted by Crippen LogP contribution is -2.22. The van der Waals surface area contributed by atoms with Crippen molar-refractivity contribution in [2.24, 2.45) is 0 Å². The molecule has 3 rings (SSSR count). The average Bonchev–Trinajstić information content (AvgIpc) is 3.00. The Balaban J connectivity index is 1.69. The fraction of sp³-hybridized carbons (Fsp3) is 0.267. The molecule has 1 amide bonds. The summed E-state index contributed by atoms with van der Waals surface area (Å²) in [6.45, 7) is 4.03. The van der Waals surface area contributed by atoms with Gasteiger partial charge >= 0.3 is 5.69 Å². The number of anilines is 1. The number of amides is 1. The molecule has 22 heavy (non-hydrogen) atoms. The number of imidazole rings is 1. The molecule has 2 heterocycles. The zero-order valence-electron chi connectivity index (χ0n) is 12.4. The van der Waals surface area contributed by atoms with Crippen LogP contribution in [0.15, 0.2) is 29.1 Å². The highest BCUT2D eigenvalue weighted by Gasteiger charge is 2.11. The molecule has 7 heteroatoms. The molecule has 0 bridgehead atoms. The summed E-state index contributed by atoms with van der Waals surface area (Å²) in [5.74, 6) is 0.331. The quantitative estimate of drug-likeness (QED) is 0.684. The van der Waals surface area contributed by atoms with Crippen LogP contribution in [0.5, 0.6) is 0 Å². The molecule has 3 aromatic rings. The summed E-state index contributed by atoms with van der Waals surface area (Å²) in [6, 6.07) is 7.57. The van der Waals surface area contributed by atoms with Crippen LogP contribution in [0, 0.1) is 13.8 Å². The van der Waals surface area contributed by atoms with E-state index >= 15 is 0 Å². The second kappa shape index (κ2) is 5.51. The first-order valence-electron chi connectivity index (χ1n) is 7.05. The SMILES string of the molecule is Cc1[nH]c(=O)n(CCC(=O)Nc2n[nH]c3ccccc23)c1C. The van der Waals surface area contributed by atoms with E-state index in [1.165, 1.54) is 0 Å². The van der Waals surface area contributed by atoms with Crippen LogP contribution in [0.3, 0.4) is 0 Å². The van der Waals surface area contributed by atoms with E-state index in [0.29, 0.717) is 12.4 Å². The van der Waals surface area contributed by atoms with Crippen LogP contribution in [-0.4, -0.2) is 25.7 Å². The van der Waals surface area contributed by atoms with Crippen molar-refractivity contribution in [3.05, 3.63) is 46.1 Å². The number of hydrogen-bond acceptors (Lipinski definition) is 3. The topological polar surface area (TPSA) is 95.6 Å². The van der Waals surface area contributed by atoms with E-state index in [9.17, 15) is 9.59 Å². The maximum Gasteiger partial charge on any atom is 0.325 e. The maximum atomic E-state index is 12.1. The van der Waals surface area contributed by atoms with E-state index in [4.69, 9.17) is 0 Å². The van der Waals surface area contributed by atoms with Crippen LogP contribution in [0.25, 0.3) is 10.9 Å². The van der Waals surface area contributed by atoms with Crippen molar-refractivity contribution in [2.45, 2.75) is 26.8 Å². The van der Waals surface area contributed by atoms with Crippen LogP contribution in [0.2, 0.25) is 0 Å². The number of carbonyl (C=O) groups is 1. The standard InChI is InChI=1S/C15H17N5O2/c1-9-10(2)20(15(22)16-9)8-7-13(21)17-14-11-5-3-4-6-12(11)18-19-14/h3-6H,7-8H2,1-2H3,(H,16,22)(H2,17,18,19,21). The Kier molecular flexibility index (Phi) is 3.54. The summed E-state index contributed by atoms with van der Waals surface area (Å²) < 4.78 is 1.57. The molecule has 0 aliphatic carbocycles. The van der Waals surface area contributed by atoms with Gasteiger partial charge in [-0.05, 0) is 26.0 Å². The molecule has 0 fully saturated rings. The molecule has 0 aliphatic rings. The minimum Gasteiger partial charge on any atom is -0.310 e. The number of aromatic amines is 2. The predicted octanol–water partition coefficient (Wildman–Crippen LogP) is 1.70. The summed E-state index contributed by atoms with van der Waals surface area (Å²) in [7, 11) is 0. The fourth-order valence-corrected chi connectivity index (χ4v) is 2.41. The van der Waals surface area contributed by atoms with Crippen LogP contribution in [0.4, 0.5) is 5.82 Å². The van der Waals surface area contributed by atoms with Gasteiger partial charge in [-0.25, -0.2) is 4.79 Å². The number of hydrogen-bond donors (Lipinski definition) is 3. The molecule has 7 nitrogen and oxygen atoms in total. The molecular formula is C15H17N5O2. The first-order chi connectivity index (χ1) is 10.6. The number of H-pyrrole nitrogens is 2. The Morgan fingerprint density at radius 3 is 2.82 bits per heavy atom.